The molecule has 1 aliphatic rings. The minimum absolute atomic E-state index is 0.355. The van der Waals surface area contributed by atoms with Crippen LogP contribution in [-0.2, 0) is 4.74 Å². The first-order chi connectivity index (χ1) is 11.7. The quantitative estimate of drug-likeness (QED) is 0.870. The number of nitrogens with zero attached hydrogens (tertiary/aromatic N) is 3. The molecule has 1 aromatic heterocycles. The van der Waals surface area contributed by atoms with Gasteiger partial charge in [-0.3, -0.25) is 0 Å². The van der Waals surface area contributed by atoms with Gasteiger partial charge in [0, 0.05) is 24.8 Å². The van der Waals surface area contributed by atoms with Gasteiger partial charge in [-0.2, -0.15) is 0 Å². The number of nitrogens with one attached hydrogen (secondary N) is 1. The average molecular weight is 326 g/mol. The number of hydrogen-bond acceptors (Lipinski definition) is 6. The Hall–Kier alpha value is -2.63. The fourth-order valence-electron chi connectivity index (χ4n) is 2.89. The largest absolute Gasteiger partial charge is 0.465 e. The normalized spacial score (nSPS) is 14.3. The van der Waals surface area contributed by atoms with E-state index in [9.17, 15) is 4.79 Å². The second kappa shape index (κ2) is 7.29. The Labute approximate surface area is 141 Å². The standard InChI is InChI=1S/C18H22N4O2/c1-13-19-16(12-17(20-13)22-9-4-3-5-10-22)21-15-8-6-7-14(11-15)18(23)24-2/h6-8,11-12H,3-5,9-10H2,1-2H3,(H,19,20,21). The zero-order chi connectivity index (χ0) is 16.9. The molecule has 126 valence electrons. The maximum Gasteiger partial charge on any atom is 0.337 e. The Kier molecular flexibility index (Phi) is 4.93. The second-order valence-corrected chi connectivity index (χ2v) is 5.90. The summed E-state index contributed by atoms with van der Waals surface area (Å²) in [6.45, 7) is 3.96. The van der Waals surface area contributed by atoms with E-state index in [1.54, 1.807) is 12.1 Å². The van der Waals surface area contributed by atoms with Crippen LogP contribution < -0.4 is 10.2 Å². The molecule has 0 unspecified atom stereocenters. The van der Waals surface area contributed by atoms with Crippen LogP contribution in [0.1, 0.15) is 35.4 Å². The average Bonchev–Trinajstić information content (AvgIpc) is 2.61. The Morgan fingerprint density at radius 2 is 1.96 bits per heavy atom. The number of hydrogen-bond donors (Lipinski definition) is 1. The van der Waals surface area contributed by atoms with Crippen molar-refractivity contribution in [2.45, 2.75) is 26.2 Å². The van der Waals surface area contributed by atoms with Crippen molar-refractivity contribution < 1.29 is 9.53 Å². The first-order valence-electron chi connectivity index (χ1n) is 8.22. The lowest BCUT2D eigenvalue weighted by molar-refractivity contribution is 0.0601. The third-order valence-electron chi connectivity index (χ3n) is 4.06. The maximum atomic E-state index is 11.7. The fourth-order valence-corrected chi connectivity index (χ4v) is 2.89. The highest BCUT2D eigenvalue weighted by atomic mass is 16.5. The van der Waals surface area contributed by atoms with E-state index in [2.05, 4.69) is 20.2 Å². The van der Waals surface area contributed by atoms with Gasteiger partial charge in [-0.25, -0.2) is 14.8 Å². The molecule has 2 aromatic rings. The molecule has 1 aromatic carbocycles. The summed E-state index contributed by atoms with van der Waals surface area (Å²) in [6.07, 6.45) is 3.69. The molecule has 0 spiro atoms. The first kappa shape index (κ1) is 16.2. The van der Waals surface area contributed by atoms with Crippen LogP contribution in [0, 0.1) is 6.92 Å². The SMILES string of the molecule is COC(=O)c1cccc(Nc2cc(N3CCCCC3)nc(C)n2)c1. The van der Waals surface area contributed by atoms with Gasteiger partial charge in [0.15, 0.2) is 0 Å². The van der Waals surface area contributed by atoms with Gasteiger partial charge in [0.05, 0.1) is 12.7 Å². The lowest BCUT2D eigenvalue weighted by atomic mass is 10.1. The summed E-state index contributed by atoms with van der Waals surface area (Å²) in [6, 6.07) is 9.15. The molecule has 0 amide bonds. The van der Waals surface area contributed by atoms with Gasteiger partial charge in [-0.15, -0.1) is 0 Å². The zero-order valence-electron chi connectivity index (χ0n) is 14.1. The topological polar surface area (TPSA) is 67.3 Å². The molecule has 0 saturated carbocycles. The molecule has 24 heavy (non-hydrogen) atoms. The number of aromatic nitrogens is 2. The third kappa shape index (κ3) is 3.82. The lowest BCUT2D eigenvalue weighted by Crippen LogP contribution is -2.30. The Bertz CT molecular complexity index is 727. The van der Waals surface area contributed by atoms with Crippen LogP contribution in [-0.4, -0.2) is 36.1 Å². The van der Waals surface area contributed by atoms with Crippen molar-refractivity contribution >= 4 is 23.3 Å². The van der Waals surface area contributed by atoms with Crippen molar-refractivity contribution in [2.24, 2.45) is 0 Å². The third-order valence-corrected chi connectivity index (χ3v) is 4.06. The Balaban J connectivity index is 1.82. The summed E-state index contributed by atoms with van der Waals surface area (Å²) in [5, 5.41) is 3.26. The highest BCUT2D eigenvalue weighted by Crippen LogP contribution is 2.23. The van der Waals surface area contributed by atoms with E-state index in [-0.39, 0.29) is 5.97 Å². The van der Waals surface area contributed by atoms with Crippen molar-refractivity contribution in [1.82, 2.24) is 9.97 Å². The number of rotatable bonds is 4. The number of anilines is 3. The molecule has 0 radical (unpaired) electrons. The Morgan fingerprint density at radius 3 is 2.71 bits per heavy atom. The van der Waals surface area contributed by atoms with E-state index >= 15 is 0 Å². The molecule has 6 heteroatoms. The first-order valence-corrected chi connectivity index (χ1v) is 8.22. The van der Waals surface area contributed by atoms with E-state index in [1.165, 1.54) is 26.4 Å². The van der Waals surface area contributed by atoms with Crippen LogP contribution in [0.5, 0.6) is 0 Å². The molecule has 1 saturated heterocycles. The van der Waals surface area contributed by atoms with Gasteiger partial charge in [0.1, 0.15) is 17.5 Å². The number of carbonyl (C=O) groups excluding carboxylic acids is 1. The number of methoxy groups -OCH3 is 1. The van der Waals surface area contributed by atoms with Gasteiger partial charge in [-0.05, 0) is 44.4 Å². The van der Waals surface area contributed by atoms with Crippen LogP contribution in [0.3, 0.4) is 0 Å². The lowest BCUT2D eigenvalue weighted by Gasteiger charge is -2.28. The van der Waals surface area contributed by atoms with Crippen LogP contribution in [0.2, 0.25) is 0 Å². The van der Waals surface area contributed by atoms with E-state index in [0.717, 1.165) is 36.2 Å². The molecule has 2 heterocycles. The number of piperidine rings is 1. The smallest absolute Gasteiger partial charge is 0.337 e. The van der Waals surface area contributed by atoms with E-state index in [4.69, 9.17) is 4.74 Å². The van der Waals surface area contributed by atoms with Crippen molar-refractivity contribution in [3.8, 4) is 0 Å². The van der Waals surface area contributed by atoms with Crippen LogP contribution in [0.4, 0.5) is 17.3 Å². The van der Waals surface area contributed by atoms with E-state index in [1.807, 2.05) is 25.1 Å². The highest BCUT2D eigenvalue weighted by molar-refractivity contribution is 5.90. The molecule has 1 N–H and O–H groups in total. The monoisotopic (exact) mass is 326 g/mol. The van der Waals surface area contributed by atoms with E-state index in [0.29, 0.717) is 5.56 Å². The molecule has 0 bridgehead atoms. The molecule has 0 atom stereocenters. The number of carbonyl (C=O) groups is 1. The summed E-state index contributed by atoms with van der Waals surface area (Å²) in [7, 11) is 1.38. The summed E-state index contributed by atoms with van der Waals surface area (Å²) in [4.78, 5) is 23.0. The number of ether oxygens (including phenoxy) is 1. The minimum atomic E-state index is -0.355. The molecule has 1 aliphatic heterocycles. The second-order valence-electron chi connectivity index (χ2n) is 5.90. The zero-order valence-corrected chi connectivity index (χ0v) is 14.1. The number of benzene rings is 1. The fraction of sp³-hybridized carbons (Fsp3) is 0.389. The van der Waals surface area contributed by atoms with Gasteiger partial charge in [0.25, 0.3) is 0 Å². The molecule has 1 fully saturated rings. The van der Waals surface area contributed by atoms with Crippen molar-refractivity contribution in [2.75, 3.05) is 30.4 Å². The van der Waals surface area contributed by atoms with Crippen molar-refractivity contribution in [3.63, 3.8) is 0 Å². The molecule has 0 aliphatic carbocycles. The van der Waals surface area contributed by atoms with Crippen LogP contribution in [0.15, 0.2) is 30.3 Å². The van der Waals surface area contributed by atoms with Gasteiger partial charge in [-0.1, -0.05) is 6.07 Å². The Morgan fingerprint density at radius 1 is 1.17 bits per heavy atom. The van der Waals surface area contributed by atoms with Gasteiger partial charge < -0.3 is 15.0 Å². The minimum Gasteiger partial charge on any atom is -0.465 e. The highest BCUT2D eigenvalue weighted by Gasteiger charge is 2.14. The molecular weight excluding hydrogens is 304 g/mol. The predicted molar refractivity (Wildman–Crippen MR) is 93.9 cm³/mol. The van der Waals surface area contributed by atoms with E-state index < -0.39 is 0 Å². The van der Waals surface area contributed by atoms with Crippen LogP contribution in [0.25, 0.3) is 0 Å². The van der Waals surface area contributed by atoms with Gasteiger partial charge in [0.2, 0.25) is 0 Å². The summed E-state index contributed by atoms with van der Waals surface area (Å²) in [5.74, 6) is 2.05. The van der Waals surface area contributed by atoms with Gasteiger partial charge >= 0.3 is 5.97 Å². The van der Waals surface area contributed by atoms with Crippen molar-refractivity contribution in [1.29, 1.82) is 0 Å². The van der Waals surface area contributed by atoms with Crippen LogP contribution >= 0.6 is 0 Å². The summed E-state index contributed by atoms with van der Waals surface area (Å²) >= 11 is 0. The molecular formula is C18H22N4O2. The predicted octanol–water partition coefficient (Wildman–Crippen LogP) is 3.31. The summed E-state index contributed by atoms with van der Waals surface area (Å²) in [5.41, 5.74) is 1.30. The molecule has 6 nitrogen and oxygen atoms in total. The number of esters is 1. The maximum absolute atomic E-state index is 11.7. The molecule has 3 rings (SSSR count). The summed E-state index contributed by atoms with van der Waals surface area (Å²) < 4.78 is 4.76. The number of aryl methyl sites for hydroxylation is 1. The van der Waals surface area contributed by atoms with Crippen molar-refractivity contribution in [3.05, 3.63) is 41.7 Å².